The fourth-order valence-electron chi connectivity index (χ4n) is 2.92. The normalized spacial score (nSPS) is 26.2. The fraction of sp³-hybridized carbons (Fsp3) is 0.647. The molecular weight excluding hydrogens is 266 g/mol. The van der Waals surface area contributed by atoms with Crippen LogP contribution in [0.4, 0.5) is 0 Å². The molecular formula is C17H25NO3. The Morgan fingerprint density at radius 3 is 2.62 bits per heavy atom. The third kappa shape index (κ3) is 3.96. The third-order valence-corrected chi connectivity index (χ3v) is 4.53. The van der Waals surface area contributed by atoms with E-state index < -0.39 is 0 Å². The van der Waals surface area contributed by atoms with Crippen molar-refractivity contribution < 1.29 is 14.6 Å². The molecule has 0 aromatic heterocycles. The average molecular weight is 291 g/mol. The van der Waals surface area contributed by atoms with Gasteiger partial charge in [0, 0.05) is 26.2 Å². The summed E-state index contributed by atoms with van der Waals surface area (Å²) in [6.45, 7) is 2.80. The van der Waals surface area contributed by atoms with Crippen molar-refractivity contribution in [2.45, 2.75) is 38.0 Å². The molecule has 1 aromatic rings. The molecule has 1 saturated heterocycles. The Hall–Kier alpha value is -1.10. The van der Waals surface area contributed by atoms with Gasteiger partial charge in [-0.1, -0.05) is 12.1 Å². The smallest absolute Gasteiger partial charge is 0.119 e. The van der Waals surface area contributed by atoms with Crippen LogP contribution in [0.2, 0.25) is 0 Å². The molecule has 2 atom stereocenters. The van der Waals surface area contributed by atoms with Crippen LogP contribution in [0.25, 0.3) is 0 Å². The van der Waals surface area contributed by atoms with Crippen LogP contribution in [-0.2, 0) is 11.3 Å². The molecule has 4 heteroatoms. The maximum Gasteiger partial charge on any atom is 0.119 e. The summed E-state index contributed by atoms with van der Waals surface area (Å²) in [6.07, 6.45) is 3.78. The summed E-state index contributed by atoms with van der Waals surface area (Å²) in [6, 6.07) is 8.55. The van der Waals surface area contributed by atoms with E-state index in [4.69, 9.17) is 9.47 Å². The number of nitrogens with zero attached hydrogens (tertiary/aromatic N) is 1. The molecule has 1 aliphatic carbocycles. The van der Waals surface area contributed by atoms with E-state index in [0.29, 0.717) is 0 Å². The van der Waals surface area contributed by atoms with Crippen LogP contribution in [0.5, 0.6) is 5.75 Å². The zero-order valence-corrected chi connectivity index (χ0v) is 12.7. The molecule has 2 aliphatic rings. The topological polar surface area (TPSA) is 41.9 Å². The highest BCUT2D eigenvalue weighted by molar-refractivity contribution is 5.27. The van der Waals surface area contributed by atoms with Gasteiger partial charge in [0.2, 0.25) is 0 Å². The summed E-state index contributed by atoms with van der Waals surface area (Å²) in [5, 5.41) is 9.48. The molecule has 1 heterocycles. The van der Waals surface area contributed by atoms with Gasteiger partial charge in [0.1, 0.15) is 5.75 Å². The molecule has 0 amide bonds. The van der Waals surface area contributed by atoms with Crippen LogP contribution in [0, 0.1) is 5.92 Å². The lowest BCUT2D eigenvalue weighted by Crippen LogP contribution is -2.31. The Balaban J connectivity index is 1.53. The van der Waals surface area contributed by atoms with Crippen molar-refractivity contribution in [1.82, 2.24) is 4.90 Å². The number of methoxy groups -OCH3 is 1. The number of benzene rings is 1. The number of hydrogen-bond donors (Lipinski definition) is 1. The van der Waals surface area contributed by atoms with Gasteiger partial charge < -0.3 is 14.6 Å². The van der Waals surface area contributed by atoms with E-state index in [1.54, 1.807) is 7.11 Å². The van der Waals surface area contributed by atoms with Gasteiger partial charge >= 0.3 is 0 Å². The molecule has 2 fully saturated rings. The van der Waals surface area contributed by atoms with Crippen LogP contribution >= 0.6 is 0 Å². The number of hydrogen-bond acceptors (Lipinski definition) is 4. The maximum absolute atomic E-state index is 9.48. The van der Waals surface area contributed by atoms with E-state index in [9.17, 15) is 5.11 Å². The van der Waals surface area contributed by atoms with Crippen molar-refractivity contribution in [3.05, 3.63) is 29.8 Å². The van der Waals surface area contributed by atoms with Gasteiger partial charge in [-0.3, -0.25) is 4.90 Å². The van der Waals surface area contributed by atoms with Crippen molar-refractivity contribution in [2.24, 2.45) is 5.92 Å². The first-order valence-electron chi connectivity index (χ1n) is 7.88. The van der Waals surface area contributed by atoms with Gasteiger partial charge in [0.05, 0.1) is 19.3 Å². The SMILES string of the molecule is CO[C@H]1C[C@@H](CO)N(Cc2ccc(OCC3CC3)cc2)C1. The lowest BCUT2D eigenvalue weighted by Gasteiger charge is -2.22. The Bertz CT molecular complexity index is 444. The van der Waals surface area contributed by atoms with E-state index in [1.807, 2.05) is 0 Å². The molecule has 0 unspecified atom stereocenters. The summed E-state index contributed by atoms with van der Waals surface area (Å²) in [5.41, 5.74) is 1.25. The zero-order chi connectivity index (χ0) is 14.7. The maximum atomic E-state index is 9.48. The predicted octanol–water partition coefficient (Wildman–Crippen LogP) is 2.06. The molecule has 1 N–H and O–H groups in total. The minimum absolute atomic E-state index is 0.197. The Kier molecular flexibility index (Phi) is 4.78. The summed E-state index contributed by atoms with van der Waals surface area (Å²) in [7, 11) is 1.74. The molecule has 3 rings (SSSR count). The second-order valence-electron chi connectivity index (χ2n) is 6.26. The van der Waals surface area contributed by atoms with Gasteiger partial charge in [-0.05, 0) is 42.9 Å². The number of aliphatic hydroxyl groups excluding tert-OH is 1. The van der Waals surface area contributed by atoms with Crippen molar-refractivity contribution in [1.29, 1.82) is 0 Å². The van der Waals surface area contributed by atoms with Crippen LogP contribution < -0.4 is 4.74 Å². The molecule has 1 saturated carbocycles. The van der Waals surface area contributed by atoms with E-state index in [0.717, 1.165) is 37.8 Å². The van der Waals surface area contributed by atoms with Crippen molar-refractivity contribution in [3.8, 4) is 5.75 Å². The monoisotopic (exact) mass is 291 g/mol. The van der Waals surface area contributed by atoms with Gasteiger partial charge in [0.25, 0.3) is 0 Å². The quantitative estimate of drug-likeness (QED) is 0.835. The molecule has 0 spiro atoms. The lowest BCUT2D eigenvalue weighted by molar-refractivity contribution is 0.107. The highest BCUT2D eigenvalue weighted by Crippen LogP contribution is 2.29. The van der Waals surface area contributed by atoms with Crippen LogP contribution in [0.3, 0.4) is 0 Å². The summed E-state index contributed by atoms with van der Waals surface area (Å²) in [4.78, 5) is 2.30. The first-order valence-corrected chi connectivity index (χ1v) is 7.88. The van der Waals surface area contributed by atoms with E-state index >= 15 is 0 Å². The number of likely N-dealkylation sites (tertiary alicyclic amines) is 1. The first kappa shape index (κ1) is 14.8. The van der Waals surface area contributed by atoms with Gasteiger partial charge in [-0.2, -0.15) is 0 Å². The predicted molar refractivity (Wildman–Crippen MR) is 81.4 cm³/mol. The van der Waals surface area contributed by atoms with Crippen LogP contribution in [0.15, 0.2) is 24.3 Å². The Morgan fingerprint density at radius 2 is 2.00 bits per heavy atom. The van der Waals surface area contributed by atoms with Crippen molar-refractivity contribution in [2.75, 3.05) is 26.9 Å². The zero-order valence-electron chi connectivity index (χ0n) is 12.7. The van der Waals surface area contributed by atoms with Gasteiger partial charge in [-0.25, -0.2) is 0 Å². The van der Waals surface area contributed by atoms with Crippen molar-refractivity contribution in [3.63, 3.8) is 0 Å². The lowest BCUT2D eigenvalue weighted by atomic mass is 10.2. The van der Waals surface area contributed by atoms with E-state index in [1.165, 1.54) is 18.4 Å². The summed E-state index contributed by atoms with van der Waals surface area (Å²) < 4.78 is 11.2. The third-order valence-electron chi connectivity index (χ3n) is 4.53. The van der Waals surface area contributed by atoms with Gasteiger partial charge in [0.15, 0.2) is 0 Å². The van der Waals surface area contributed by atoms with E-state index in [-0.39, 0.29) is 18.8 Å². The van der Waals surface area contributed by atoms with Crippen LogP contribution in [0.1, 0.15) is 24.8 Å². The van der Waals surface area contributed by atoms with E-state index in [2.05, 4.69) is 29.2 Å². The van der Waals surface area contributed by atoms with Crippen molar-refractivity contribution >= 4 is 0 Å². The minimum Gasteiger partial charge on any atom is -0.493 e. The number of ether oxygens (including phenoxy) is 2. The molecule has 21 heavy (non-hydrogen) atoms. The number of rotatable bonds is 7. The molecule has 1 aromatic carbocycles. The Morgan fingerprint density at radius 1 is 1.24 bits per heavy atom. The highest BCUT2D eigenvalue weighted by atomic mass is 16.5. The highest BCUT2D eigenvalue weighted by Gasteiger charge is 2.31. The molecule has 0 bridgehead atoms. The standard InChI is InChI=1S/C17H25NO3/c1-20-17-8-15(11-19)18(10-17)9-13-4-6-16(7-5-13)21-12-14-2-3-14/h4-7,14-15,17,19H,2-3,8-12H2,1H3/t15-,17-/m0/s1. The number of aliphatic hydroxyl groups is 1. The molecule has 1 aliphatic heterocycles. The average Bonchev–Trinajstić information content (AvgIpc) is 3.26. The Labute approximate surface area is 126 Å². The van der Waals surface area contributed by atoms with Crippen LogP contribution in [-0.4, -0.2) is 49.0 Å². The summed E-state index contributed by atoms with van der Waals surface area (Å²) >= 11 is 0. The largest absolute Gasteiger partial charge is 0.493 e. The molecule has 116 valence electrons. The molecule has 0 radical (unpaired) electrons. The fourth-order valence-corrected chi connectivity index (χ4v) is 2.92. The summed E-state index contributed by atoms with van der Waals surface area (Å²) in [5.74, 6) is 1.74. The first-order chi connectivity index (χ1) is 10.3. The molecule has 4 nitrogen and oxygen atoms in total. The second kappa shape index (κ2) is 6.77. The van der Waals surface area contributed by atoms with Gasteiger partial charge in [-0.15, -0.1) is 0 Å². The minimum atomic E-state index is 0.197. The second-order valence-corrected chi connectivity index (χ2v) is 6.26.